The normalized spacial score (nSPS) is 10.7. The molecule has 13 heavy (non-hydrogen) atoms. The van der Waals surface area contributed by atoms with Crippen molar-refractivity contribution in [1.29, 1.82) is 0 Å². The smallest absolute Gasteiger partial charge is 0.139 e. The van der Waals surface area contributed by atoms with Crippen LogP contribution in [0, 0.1) is 6.92 Å². The second kappa shape index (κ2) is 5.02. The molecule has 0 bridgehead atoms. The molecule has 0 aliphatic carbocycles. The summed E-state index contributed by atoms with van der Waals surface area (Å²) in [6.07, 6.45) is 4.44. The molecule has 1 rings (SSSR count). The highest BCUT2D eigenvalue weighted by Gasteiger charge is 2.10. The molecule has 0 saturated heterocycles. The number of hydrogen-bond acceptors (Lipinski definition) is 3. The summed E-state index contributed by atoms with van der Waals surface area (Å²) in [6.45, 7) is 4.04. The van der Waals surface area contributed by atoms with Crippen molar-refractivity contribution in [2.75, 3.05) is 0 Å². The first-order valence-corrected chi connectivity index (χ1v) is 4.84. The van der Waals surface area contributed by atoms with Crippen LogP contribution in [0.4, 0.5) is 0 Å². The minimum atomic E-state index is 0.0385. The van der Waals surface area contributed by atoms with E-state index in [-0.39, 0.29) is 6.61 Å². The van der Waals surface area contributed by atoms with Gasteiger partial charge in [-0.25, -0.2) is 0 Å². The van der Waals surface area contributed by atoms with Gasteiger partial charge < -0.3 is 9.63 Å². The zero-order valence-corrected chi connectivity index (χ0v) is 8.34. The highest BCUT2D eigenvalue weighted by atomic mass is 16.5. The van der Waals surface area contributed by atoms with Crippen molar-refractivity contribution in [3.05, 3.63) is 17.0 Å². The van der Waals surface area contributed by atoms with Crippen LogP contribution in [0.25, 0.3) is 0 Å². The van der Waals surface area contributed by atoms with Crippen molar-refractivity contribution in [3.63, 3.8) is 0 Å². The van der Waals surface area contributed by atoms with Crippen molar-refractivity contribution in [2.24, 2.45) is 0 Å². The average molecular weight is 183 g/mol. The Kier molecular flexibility index (Phi) is 3.96. The number of aliphatic hydroxyl groups excluding tert-OH is 1. The quantitative estimate of drug-likeness (QED) is 0.712. The number of aromatic nitrogens is 1. The largest absolute Gasteiger partial charge is 0.391 e. The van der Waals surface area contributed by atoms with Gasteiger partial charge in [-0.1, -0.05) is 24.9 Å². The Hall–Kier alpha value is -0.830. The van der Waals surface area contributed by atoms with Gasteiger partial charge in [0, 0.05) is 5.56 Å². The van der Waals surface area contributed by atoms with E-state index in [0.29, 0.717) is 0 Å². The molecule has 0 aliphatic heterocycles. The van der Waals surface area contributed by atoms with Gasteiger partial charge in [0.05, 0.1) is 12.3 Å². The second-order valence-electron chi connectivity index (χ2n) is 3.28. The molecule has 1 aromatic heterocycles. The third kappa shape index (κ3) is 2.56. The summed E-state index contributed by atoms with van der Waals surface area (Å²) in [6, 6.07) is 0. The Labute approximate surface area is 78.7 Å². The van der Waals surface area contributed by atoms with E-state index in [1.165, 1.54) is 12.8 Å². The molecule has 1 N–H and O–H groups in total. The first-order chi connectivity index (χ1) is 6.29. The molecular weight excluding hydrogens is 166 g/mol. The summed E-state index contributed by atoms with van der Waals surface area (Å²) in [5.74, 6) is 0.744. The highest BCUT2D eigenvalue weighted by Crippen LogP contribution is 2.15. The molecule has 0 atom stereocenters. The molecule has 0 aromatic carbocycles. The van der Waals surface area contributed by atoms with Crippen LogP contribution in [0.2, 0.25) is 0 Å². The fourth-order valence-electron chi connectivity index (χ4n) is 1.38. The predicted molar refractivity (Wildman–Crippen MR) is 50.4 cm³/mol. The zero-order chi connectivity index (χ0) is 9.68. The van der Waals surface area contributed by atoms with Gasteiger partial charge in [-0.15, -0.1) is 0 Å². The maximum atomic E-state index is 9.04. The Morgan fingerprint density at radius 3 is 2.77 bits per heavy atom. The monoisotopic (exact) mass is 183 g/mol. The minimum absolute atomic E-state index is 0.0385. The summed E-state index contributed by atoms with van der Waals surface area (Å²) in [5.41, 5.74) is 1.80. The molecule has 0 aliphatic rings. The summed E-state index contributed by atoms with van der Waals surface area (Å²) >= 11 is 0. The molecule has 0 unspecified atom stereocenters. The second-order valence-corrected chi connectivity index (χ2v) is 3.28. The van der Waals surface area contributed by atoms with Crippen LogP contribution < -0.4 is 0 Å². The number of unbranched alkanes of at least 4 members (excludes halogenated alkanes) is 2. The lowest BCUT2D eigenvalue weighted by molar-refractivity contribution is 0.277. The average Bonchev–Trinajstić information content (AvgIpc) is 2.47. The molecule has 1 heterocycles. The Balaban J connectivity index is 2.55. The van der Waals surface area contributed by atoms with Gasteiger partial charge in [-0.2, -0.15) is 0 Å². The number of hydrogen-bond donors (Lipinski definition) is 1. The lowest BCUT2D eigenvalue weighted by Gasteiger charge is -1.97. The van der Waals surface area contributed by atoms with Crippen molar-refractivity contribution in [3.8, 4) is 0 Å². The maximum Gasteiger partial charge on any atom is 0.139 e. The van der Waals surface area contributed by atoms with Crippen LogP contribution in [0.5, 0.6) is 0 Å². The maximum absolute atomic E-state index is 9.04. The lowest BCUT2D eigenvalue weighted by atomic mass is 10.1. The van der Waals surface area contributed by atoms with Crippen LogP contribution in [-0.2, 0) is 13.0 Å². The van der Waals surface area contributed by atoms with E-state index in [0.717, 1.165) is 29.9 Å². The van der Waals surface area contributed by atoms with Gasteiger partial charge in [-0.05, 0) is 19.8 Å². The number of aryl methyl sites for hydroxylation is 2. The van der Waals surface area contributed by atoms with Gasteiger partial charge in [0.15, 0.2) is 0 Å². The van der Waals surface area contributed by atoms with E-state index >= 15 is 0 Å². The minimum Gasteiger partial charge on any atom is -0.391 e. The van der Waals surface area contributed by atoms with Crippen molar-refractivity contribution < 1.29 is 9.63 Å². The van der Waals surface area contributed by atoms with E-state index in [9.17, 15) is 0 Å². The van der Waals surface area contributed by atoms with E-state index in [2.05, 4.69) is 12.1 Å². The number of rotatable bonds is 5. The molecule has 0 spiro atoms. The van der Waals surface area contributed by atoms with Crippen LogP contribution in [0.3, 0.4) is 0 Å². The molecule has 3 nitrogen and oxygen atoms in total. The lowest BCUT2D eigenvalue weighted by Crippen LogP contribution is -1.93. The predicted octanol–water partition coefficient (Wildman–Crippen LogP) is 2.21. The Morgan fingerprint density at radius 1 is 1.38 bits per heavy atom. The topological polar surface area (TPSA) is 46.3 Å². The van der Waals surface area contributed by atoms with Gasteiger partial charge in [0.1, 0.15) is 5.76 Å². The molecule has 0 fully saturated rings. The third-order valence-corrected chi connectivity index (χ3v) is 2.24. The SMILES string of the molecule is CCCCCc1noc(C)c1CO. The molecule has 0 saturated carbocycles. The van der Waals surface area contributed by atoms with Gasteiger partial charge in [-0.3, -0.25) is 0 Å². The molecule has 0 radical (unpaired) electrons. The summed E-state index contributed by atoms with van der Waals surface area (Å²) in [4.78, 5) is 0. The van der Waals surface area contributed by atoms with Gasteiger partial charge >= 0.3 is 0 Å². The fraction of sp³-hybridized carbons (Fsp3) is 0.700. The summed E-state index contributed by atoms with van der Waals surface area (Å²) in [5, 5.41) is 13.0. The van der Waals surface area contributed by atoms with Crippen molar-refractivity contribution in [2.45, 2.75) is 46.1 Å². The number of nitrogens with zero attached hydrogens (tertiary/aromatic N) is 1. The Bertz CT molecular complexity index is 255. The molecule has 0 amide bonds. The first kappa shape index (κ1) is 10.3. The van der Waals surface area contributed by atoms with Crippen LogP contribution >= 0.6 is 0 Å². The first-order valence-electron chi connectivity index (χ1n) is 4.84. The van der Waals surface area contributed by atoms with Gasteiger partial charge in [0.2, 0.25) is 0 Å². The molecule has 1 aromatic rings. The molecule has 3 heteroatoms. The molecule has 74 valence electrons. The summed E-state index contributed by atoms with van der Waals surface area (Å²) in [7, 11) is 0. The van der Waals surface area contributed by atoms with E-state index in [1.807, 2.05) is 6.92 Å². The van der Waals surface area contributed by atoms with Crippen molar-refractivity contribution in [1.82, 2.24) is 5.16 Å². The standard InChI is InChI=1S/C10H17NO2/c1-3-4-5-6-10-9(7-12)8(2)13-11-10/h12H,3-7H2,1-2H3. The van der Waals surface area contributed by atoms with Crippen LogP contribution in [-0.4, -0.2) is 10.3 Å². The fourth-order valence-corrected chi connectivity index (χ4v) is 1.38. The third-order valence-electron chi connectivity index (χ3n) is 2.24. The van der Waals surface area contributed by atoms with E-state index in [4.69, 9.17) is 9.63 Å². The van der Waals surface area contributed by atoms with Crippen LogP contribution in [0.15, 0.2) is 4.52 Å². The summed E-state index contributed by atoms with van der Waals surface area (Å²) < 4.78 is 5.01. The van der Waals surface area contributed by atoms with E-state index in [1.54, 1.807) is 0 Å². The molecular formula is C10H17NO2. The van der Waals surface area contributed by atoms with E-state index < -0.39 is 0 Å². The van der Waals surface area contributed by atoms with Crippen molar-refractivity contribution >= 4 is 0 Å². The van der Waals surface area contributed by atoms with Crippen LogP contribution in [0.1, 0.15) is 43.2 Å². The zero-order valence-electron chi connectivity index (χ0n) is 8.34. The highest BCUT2D eigenvalue weighted by molar-refractivity contribution is 5.20. The van der Waals surface area contributed by atoms with Gasteiger partial charge in [0.25, 0.3) is 0 Å². The Morgan fingerprint density at radius 2 is 2.15 bits per heavy atom. The number of aliphatic hydroxyl groups is 1.